The second kappa shape index (κ2) is 5.25. The average molecular weight is 318 g/mol. The zero-order chi connectivity index (χ0) is 12.4. The Hall–Kier alpha value is -0.780. The summed E-state index contributed by atoms with van der Waals surface area (Å²) in [5, 5.41) is 6.83. The third kappa shape index (κ3) is 2.56. The van der Waals surface area contributed by atoms with E-state index < -0.39 is 11.6 Å². The standard InChI is InChI=1S/C12H10BrF2NS/c1-16-12(9-5-17-6-10(9)13)8-4-7(14)2-3-11(8)15/h2-6,12,16H,1H3. The van der Waals surface area contributed by atoms with Crippen molar-refractivity contribution >= 4 is 27.3 Å². The predicted octanol–water partition coefficient (Wildman–Crippen LogP) is 4.10. The molecule has 0 radical (unpaired) electrons. The van der Waals surface area contributed by atoms with Gasteiger partial charge < -0.3 is 5.32 Å². The van der Waals surface area contributed by atoms with E-state index in [0.717, 1.165) is 22.2 Å². The molecule has 90 valence electrons. The van der Waals surface area contributed by atoms with Gasteiger partial charge in [-0.15, -0.1) is 0 Å². The largest absolute Gasteiger partial charge is 0.309 e. The van der Waals surface area contributed by atoms with Crippen LogP contribution < -0.4 is 5.32 Å². The van der Waals surface area contributed by atoms with Crippen molar-refractivity contribution in [2.45, 2.75) is 6.04 Å². The fraction of sp³-hybridized carbons (Fsp3) is 0.167. The molecule has 1 nitrogen and oxygen atoms in total. The summed E-state index contributed by atoms with van der Waals surface area (Å²) < 4.78 is 27.8. The van der Waals surface area contributed by atoms with E-state index in [2.05, 4.69) is 21.2 Å². The smallest absolute Gasteiger partial charge is 0.128 e. The second-order valence-corrected chi connectivity index (χ2v) is 5.16. The van der Waals surface area contributed by atoms with Crippen LogP contribution in [0.4, 0.5) is 8.78 Å². The molecule has 0 saturated carbocycles. The number of rotatable bonds is 3. The average Bonchev–Trinajstić information content (AvgIpc) is 2.71. The maximum absolute atomic E-state index is 13.7. The Labute approximate surface area is 111 Å². The lowest BCUT2D eigenvalue weighted by atomic mass is 10.0. The lowest BCUT2D eigenvalue weighted by molar-refractivity contribution is 0.558. The normalized spacial score (nSPS) is 12.7. The Kier molecular flexibility index (Phi) is 3.91. The first-order valence-electron chi connectivity index (χ1n) is 4.97. The van der Waals surface area contributed by atoms with Gasteiger partial charge in [-0.25, -0.2) is 8.78 Å². The number of halogens is 3. The third-order valence-electron chi connectivity index (χ3n) is 2.51. The maximum Gasteiger partial charge on any atom is 0.128 e. The van der Waals surface area contributed by atoms with Gasteiger partial charge in [-0.2, -0.15) is 11.3 Å². The molecule has 0 aliphatic heterocycles. The summed E-state index contributed by atoms with van der Waals surface area (Å²) in [6.07, 6.45) is 0. The molecular weight excluding hydrogens is 308 g/mol. The number of hydrogen-bond acceptors (Lipinski definition) is 2. The summed E-state index contributed by atoms with van der Waals surface area (Å²) >= 11 is 4.91. The number of hydrogen-bond donors (Lipinski definition) is 1. The minimum absolute atomic E-state index is 0.312. The monoisotopic (exact) mass is 317 g/mol. The molecule has 1 N–H and O–H groups in total. The van der Waals surface area contributed by atoms with E-state index >= 15 is 0 Å². The predicted molar refractivity (Wildman–Crippen MR) is 69.3 cm³/mol. The van der Waals surface area contributed by atoms with Crippen molar-refractivity contribution in [1.29, 1.82) is 0 Å². The fourth-order valence-corrected chi connectivity index (χ4v) is 3.26. The van der Waals surface area contributed by atoms with Crippen LogP contribution in [-0.2, 0) is 0 Å². The van der Waals surface area contributed by atoms with Crippen LogP contribution in [0, 0.1) is 11.6 Å². The van der Waals surface area contributed by atoms with E-state index in [9.17, 15) is 8.78 Å². The lowest BCUT2D eigenvalue weighted by Gasteiger charge is -2.17. The van der Waals surface area contributed by atoms with Crippen molar-refractivity contribution in [3.05, 3.63) is 56.2 Å². The zero-order valence-corrected chi connectivity index (χ0v) is 11.4. The van der Waals surface area contributed by atoms with E-state index in [1.165, 1.54) is 17.4 Å². The highest BCUT2D eigenvalue weighted by molar-refractivity contribution is 9.10. The number of thiophene rings is 1. The highest BCUT2D eigenvalue weighted by Gasteiger charge is 2.19. The first-order valence-corrected chi connectivity index (χ1v) is 6.71. The third-order valence-corrected chi connectivity index (χ3v) is 4.26. The first kappa shape index (κ1) is 12.7. The van der Waals surface area contributed by atoms with Crippen molar-refractivity contribution in [3.8, 4) is 0 Å². The van der Waals surface area contributed by atoms with Crippen molar-refractivity contribution in [2.24, 2.45) is 0 Å². The van der Waals surface area contributed by atoms with Gasteiger partial charge in [0.1, 0.15) is 11.6 Å². The topological polar surface area (TPSA) is 12.0 Å². The van der Waals surface area contributed by atoms with E-state index in [1.54, 1.807) is 7.05 Å². The van der Waals surface area contributed by atoms with Gasteiger partial charge in [0.05, 0.1) is 6.04 Å². The molecule has 1 aromatic heterocycles. The molecule has 1 aromatic carbocycles. The van der Waals surface area contributed by atoms with Gasteiger partial charge in [0.2, 0.25) is 0 Å². The molecule has 0 aliphatic rings. The molecule has 17 heavy (non-hydrogen) atoms. The van der Waals surface area contributed by atoms with Crippen LogP contribution in [0.3, 0.4) is 0 Å². The van der Waals surface area contributed by atoms with Gasteiger partial charge in [0, 0.05) is 15.4 Å². The Balaban J connectivity index is 2.49. The summed E-state index contributed by atoms with van der Waals surface area (Å²) in [6.45, 7) is 0. The van der Waals surface area contributed by atoms with E-state index in [-0.39, 0.29) is 6.04 Å². The van der Waals surface area contributed by atoms with Crippen LogP contribution in [0.5, 0.6) is 0 Å². The summed E-state index contributed by atoms with van der Waals surface area (Å²) in [4.78, 5) is 0. The van der Waals surface area contributed by atoms with E-state index in [0.29, 0.717) is 5.56 Å². The molecule has 2 rings (SSSR count). The summed E-state index contributed by atoms with van der Waals surface area (Å²) in [5.41, 5.74) is 1.22. The summed E-state index contributed by atoms with van der Waals surface area (Å²) in [6, 6.07) is 3.13. The van der Waals surface area contributed by atoms with Crippen molar-refractivity contribution < 1.29 is 8.78 Å². The molecule has 1 unspecified atom stereocenters. The van der Waals surface area contributed by atoms with Gasteiger partial charge in [0.15, 0.2) is 0 Å². The Morgan fingerprint density at radius 2 is 2.00 bits per heavy atom. The molecule has 1 atom stereocenters. The number of nitrogens with one attached hydrogen (secondary N) is 1. The number of benzene rings is 1. The van der Waals surface area contributed by atoms with Crippen LogP contribution in [0.15, 0.2) is 33.4 Å². The minimum Gasteiger partial charge on any atom is -0.309 e. The van der Waals surface area contributed by atoms with Crippen molar-refractivity contribution in [2.75, 3.05) is 7.05 Å². The van der Waals surface area contributed by atoms with Crippen molar-refractivity contribution in [3.63, 3.8) is 0 Å². The molecule has 0 bridgehead atoms. The van der Waals surface area contributed by atoms with Crippen LogP contribution >= 0.6 is 27.3 Å². The molecule has 0 fully saturated rings. The van der Waals surface area contributed by atoms with Crippen LogP contribution in [0.25, 0.3) is 0 Å². The van der Waals surface area contributed by atoms with E-state index in [1.807, 2.05) is 10.8 Å². The Morgan fingerprint density at radius 3 is 2.59 bits per heavy atom. The molecule has 5 heteroatoms. The van der Waals surface area contributed by atoms with Gasteiger partial charge >= 0.3 is 0 Å². The van der Waals surface area contributed by atoms with Gasteiger partial charge in [-0.05, 0) is 52.1 Å². The van der Waals surface area contributed by atoms with Gasteiger partial charge in [-0.3, -0.25) is 0 Å². The van der Waals surface area contributed by atoms with Gasteiger partial charge in [-0.1, -0.05) is 0 Å². The lowest BCUT2D eigenvalue weighted by Crippen LogP contribution is -2.19. The quantitative estimate of drug-likeness (QED) is 0.898. The second-order valence-electron chi connectivity index (χ2n) is 3.56. The van der Waals surface area contributed by atoms with Crippen LogP contribution in [0.1, 0.15) is 17.2 Å². The molecule has 2 aromatic rings. The molecule has 0 saturated heterocycles. The highest BCUT2D eigenvalue weighted by Crippen LogP contribution is 2.32. The molecule has 0 aliphatic carbocycles. The Morgan fingerprint density at radius 1 is 1.24 bits per heavy atom. The molecule has 1 heterocycles. The molecular formula is C12H10BrF2NS. The Bertz CT molecular complexity index is 527. The SMILES string of the molecule is CNC(c1cc(F)ccc1F)c1cscc1Br. The summed E-state index contributed by atoms with van der Waals surface area (Å²) in [5.74, 6) is -0.850. The molecule has 0 amide bonds. The zero-order valence-electron chi connectivity index (χ0n) is 9.01. The molecule has 0 spiro atoms. The highest BCUT2D eigenvalue weighted by atomic mass is 79.9. The first-order chi connectivity index (χ1) is 8.13. The fourth-order valence-electron chi connectivity index (χ4n) is 1.71. The minimum atomic E-state index is -0.437. The van der Waals surface area contributed by atoms with Crippen LogP contribution in [0.2, 0.25) is 0 Å². The summed E-state index contributed by atoms with van der Waals surface area (Å²) in [7, 11) is 1.72. The van der Waals surface area contributed by atoms with Crippen LogP contribution in [-0.4, -0.2) is 7.05 Å². The van der Waals surface area contributed by atoms with Gasteiger partial charge in [0.25, 0.3) is 0 Å². The maximum atomic E-state index is 13.7. The van der Waals surface area contributed by atoms with E-state index in [4.69, 9.17) is 0 Å². The van der Waals surface area contributed by atoms with Crippen molar-refractivity contribution in [1.82, 2.24) is 5.32 Å².